The Hall–Kier alpha value is -3.72. The van der Waals surface area contributed by atoms with Gasteiger partial charge in [0.25, 0.3) is 11.5 Å². The van der Waals surface area contributed by atoms with Crippen LogP contribution in [0, 0.1) is 5.82 Å². The summed E-state index contributed by atoms with van der Waals surface area (Å²) >= 11 is 0. The van der Waals surface area contributed by atoms with Gasteiger partial charge in [-0.2, -0.15) is 13.5 Å². The summed E-state index contributed by atoms with van der Waals surface area (Å²) in [5.41, 5.74) is -1.98. The maximum Gasteiger partial charge on any atom is 0.404 e. The van der Waals surface area contributed by atoms with E-state index in [1.54, 1.807) is 24.3 Å². The van der Waals surface area contributed by atoms with E-state index < -0.39 is 40.1 Å². The van der Waals surface area contributed by atoms with Gasteiger partial charge in [-0.15, -0.1) is 0 Å². The smallest absolute Gasteiger partial charge is 0.299 e. The molecule has 4 heterocycles. The van der Waals surface area contributed by atoms with Crippen LogP contribution in [0.15, 0.2) is 47.3 Å². The van der Waals surface area contributed by atoms with Crippen molar-refractivity contribution in [1.29, 1.82) is 0 Å². The Kier molecular flexibility index (Phi) is 6.02. The molecule has 1 N–H and O–H groups in total. The minimum Gasteiger partial charge on any atom is -0.299 e. The lowest BCUT2D eigenvalue weighted by molar-refractivity contribution is -0.164. The van der Waals surface area contributed by atoms with Gasteiger partial charge < -0.3 is 0 Å². The number of aromatic nitrogens is 2. The number of rotatable bonds is 5. The van der Waals surface area contributed by atoms with Crippen molar-refractivity contribution in [2.75, 3.05) is 24.5 Å². The first-order valence-corrected chi connectivity index (χ1v) is 13.7. The Morgan fingerprint density at radius 3 is 2.56 bits per heavy atom. The van der Waals surface area contributed by atoms with Crippen molar-refractivity contribution >= 4 is 38.8 Å². The molecule has 0 bridgehead atoms. The van der Waals surface area contributed by atoms with Crippen molar-refractivity contribution in [3.63, 3.8) is 0 Å². The highest BCUT2D eigenvalue weighted by Gasteiger charge is 2.65. The minimum absolute atomic E-state index is 0.0402. The standard InChI is InChI=1S/C25H24FN5O7S/c1-25-23(33)30(24(34)31(25)21(37-39(35,36)38-25)14-29-10-4-5-11-29)20-13-15(8-9-18(20)26)12-19-16-6-2-3-7-17(16)22(32)28-27-19/h2-3,6-9,13,21H,4-5,10-12,14H2,1H3,(H,28,32). The zero-order chi connectivity index (χ0) is 27.5. The normalized spacial score (nSPS) is 25.0. The number of H-pyrrole nitrogens is 1. The highest BCUT2D eigenvalue weighted by molar-refractivity contribution is 7.82. The molecule has 2 atom stereocenters. The number of hydrogen-bond donors (Lipinski definition) is 1. The van der Waals surface area contributed by atoms with Crippen molar-refractivity contribution in [3.8, 4) is 0 Å². The Balaban J connectivity index is 1.37. The summed E-state index contributed by atoms with van der Waals surface area (Å²) in [6.45, 7) is 2.56. The van der Waals surface area contributed by atoms with Crippen LogP contribution >= 0.6 is 0 Å². The summed E-state index contributed by atoms with van der Waals surface area (Å²) in [7, 11) is -4.63. The first kappa shape index (κ1) is 25.6. The number of anilines is 1. The zero-order valence-electron chi connectivity index (χ0n) is 20.8. The van der Waals surface area contributed by atoms with Gasteiger partial charge in [0.2, 0.25) is 5.72 Å². The van der Waals surface area contributed by atoms with Gasteiger partial charge in [0.15, 0.2) is 6.23 Å². The number of likely N-dealkylation sites (tertiary alicyclic amines) is 1. The third-order valence-corrected chi connectivity index (χ3v) is 8.24. The van der Waals surface area contributed by atoms with Gasteiger partial charge in [0.1, 0.15) is 5.82 Å². The van der Waals surface area contributed by atoms with E-state index in [1.165, 1.54) is 12.1 Å². The Labute approximate surface area is 222 Å². The number of fused-ring (bicyclic) bond motifs is 2. The average Bonchev–Trinajstić information content (AvgIpc) is 3.46. The van der Waals surface area contributed by atoms with Crippen LogP contribution in [-0.4, -0.2) is 71.9 Å². The van der Waals surface area contributed by atoms with E-state index in [2.05, 4.69) is 10.2 Å². The molecule has 14 heteroatoms. The lowest BCUT2D eigenvalue weighted by atomic mass is 10.0. The zero-order valence-corrected chi connectivity index (χ0v) is 21.6. The van der Waals surface area contributed by atoms with Gasteiger partial charge in [-0.3, -0.25) is 19.4 Å². The quantitative estimate of drug-likeness (QED) is 0.465. The fourth-order valence-electron chi connectivity index (χ4n) is 5.41. The summed E-state index contributed by atoms with van der Waals surface area (Å²) in [6, 6.07) is 9.81. The Morgan fingerprint density at radius 2 is 1.82 bits per heavy atom. The lowest BCUT2D eigenvalue weighted by Crippen LogP contribution is -2.62. The third-order valence-electron chi connectivity index (χ3n) is 7.25. The molecule has 39 heavy (non-hydrogen) atoms. The second kappa shape index (κ2) is 9.19. The van der Waals surface area contributed by atoms with Crippen molar-refractivity contribution in [2.24, 2.45) is 0 Å². The number of imide groups is 1. The van der Waals surface area contributed by atoms with Crippen molar-refractivity contribution in [1.82, 2.24) is 20.0 Å². The molecule has 2 unspecified atom stereocenters. The number of urea groups is 1. The fourth-order valence-corrected chi connectivity index (χ4v) is 6.42. The first-order valence-electron chi connectivity index (χ1n) is 12.4. The molecule has 3 fully saturated rings. The number of carbonyl (C=O) groups is 2. The number of aromatic amines is 1. The molecule has 3 aromatic rings. The Bertz CT molecular complexity index is 1670. The van der Waals surface area contributed by atoms with Crippen molar-refractivity contribution in [2.45, 2.75) is 38.1 Å². The number of hydrogen-bond acceptors (Lipinski definition) is 9. The fraction of sp³-hybridized carbons (Fsp3) is 0.360. The first-order chi connectivity index (χ1) is 18.6. The molecule has 3 aliphatic heterocycles. The predicted octanol–water partition coefficient (Wildman–Crippen LogP) is 1.85. The molecule has 6 rings (SSSR count). The molecule has 0 spiro atoms. The Morgan fingerprint density at radius 1 is 1.10 bits per heavy atom. The largest absolute Gasteiger partial charge is 0.404 e. The molecule has 1 aromatic heterocycles. The monoisotopic (exact) mass is 557 g/mol. The van der Waals surface area contributed by atoms with Crippen molar-refractivity contribution < 1.29 is 30.8 Å². The highest BCUT2D eigenvalue weighted by atomic mass is 32.3. The van der Waals surface area contributed by atoms with Gasteiger partial charge in [0.05, 0.1) is 16.8 Å². The second-order valence-electron chi connectivity index (χ2n) is 9.83. The minimum atomic E-state index is -4.63. The molecule has 12 nitrogen and oxygen atoms in total. The number of nitrogens with zero attached hydrogens (tertiary/aromatic N) is 4. The van der Waals surface area contributed by atoms with E-state index >= 15 is 4.39 Å². The van der Waals surface area contributed by atoms with Crippen LogP contribution in [-0.2, 0) is 30.0 Å². The van der Waals surface area contributed by atoms with Crippen LogP contribution in [0.1, 0.15) is 31.0 Å². The number of halogens is 1. The van der Waals surface area contributed by atoms with Crippen LogP contribution in [0.2, 0.25) is 0 Å². The number of carbonyl (C=O) groups excluding carboxylic acids is 2. The highest BCUT2D eigenvalue weighted by Crippen LogP contribution is 2.41. The van der Waals surface area contributed by atoms with Crippen LogP contribution in [0.5, 0.6) is 0 Å². The summed E-state index contributed by atoms with van der Waals surface area (Å²) in [5.74, 6) is -1.93. The number of benzene rings is 2. The maximum absolute atomic E-state index is 15.2. The van der Waals surface area contributed by atoms with Crippen molar-refractivity contribution in [3.05, 3.63) is 69.9 Å². The van der Waals surface area contributed by atoms with E-state index in [4.69, 9.17) is 8.37 Å². The predicted molar refractivity (Wildman–Crippen MR) is 135 cm³/mol. The van der Waals surface area contributed by atoms with E-state index in [0.29, 0.717) is 40.0 Å². The van der Waals surface area contributed by atoms with Gasteiger partial charge in [-0.1, -0.05) is 24.3 Å². The molecule has 3 saturated heterocycles. The molecule has 0 saturated carbocycles. The molecular formula is C25H24FN5O7S. The van der Waals surface area contributed by atoms with Crippen LogP contribution in [0.25, 0.3) is 10.8 Å². The maximum atomic E-state index is 15.2. The average molecular weight is 558 g/mol. The molecule has 204 valence electrons. The van der Waals surface area contributed by atoms with Crippen LogP contribution in [0.3, 0.4) is 0 Å². The van der Waals surface area contributed by atoms with Crippen LogP contribution < -0.4 is 10.5 Å². The van der Waals surface area contributed by atoms with E-state index in [-0.39, 0.29) is 24.2 Å². The topological polar surface area (TPSA) is 142 Å². The third kappa shape index (κ3) is 4.29. The summed E-state index contributed by atoms with van der Waals surface area (Å²) < 4.78 is 50.2. The number of nitrogens with one attached hydrogen (secondary N) is 1. The van der Waals surface area contributed by atoms with Gasteiger partial charge in [0, 0.05) is 18.4 Å². The lowest BCUT2D eigenvalue weighted by Gasteiger charge is -2.41. The van der Waals surface area contributed by atoms with E-state index in [1.807, 2.05) is 4.90 Å². The van der Waals surface area contributed by atoms with E-state index in [0.717, 1.165) is 30.7 Å². The van der Waals surface area contributed by atoms with Gasteiger partial charge in [-0.25, -0.2) is 27.5 Å². The molecular weight excluding hydrogens is 533 g/mol. The molecule has 0 aliphatic carbocycles. The molecule has 2 aromatic carbocycles. The van der Waals surface area contributed by atoms with Gasteiger partial charge in [-0.05, 0) is 56.6 Å². The summed E-state index contributed by atoms with van der Waals surface area (Å²) in [5, 5.41) is 7.61. The molecule has 3 amide bonds. The SMILES string of the molecule is CC12OS(=O)(=O)OC(CN3CCCC3)N1C(=O)N(c1cc(Cc3n[nH]c(=O)c4ccccc34)ccc1F)C2=O. The summed E-state index contributed by atoms with van der Waals surface area (Å²) in [6.07, 6.45) is 0.622. The molecule has 3 aliphatic rings. The van der Waals surface area contributed by atoms with Gasteiger partial charge >= 0.3 is 16.4 Å². The second-order valence-corrected chi connectivity index (χ2v) is 11.0. The summed E-state index contributed by atoms with van der Waals surface area (Å²) in [4.78, 5) is 42.8. The molecule has 0 radical (unpaired) electrons. The van der Waals surface area contributed by atoms with Crippen LogP contribution in [0.4, 0.5) is 14.9 Å². The number of amides is 3. The van der Waals surface area contributed by atoms with E-state index in [9.17, 15) is 22.8 Å².